The van der Waals surface area contributed by atoms with Gasteiger partial charge in [-0.3, -0.25) is 9.80 Å². The maximum atomic E-state index is 11.3. The molecule has 0 rings (SSSR count). The van der Waals surface area contributed by atoms with Crippen molar-refractivity contribution >= 4 is 32.3 Å². The molecule has 0 heterocycles. The second-order valence-electron chi connectivity index (χ2n) is 6.33. The van der Waals surface area contributed by atoms with Crippen LogP contribution >= 0.6 is 12.2 Å². The van der Waals surface area contributed by atoms with Crippen LogP contribution in [0.2, 0.25) is 0 Å². The Labute approximate surface area is 184 Å². The van der Waals surface area contributed by atoms with E-state index in [0.29, 0.717) is 39.3 Å². The third-order valence-electron chi connectivity index (χ3n) is 3.68. The van der Waals surface area contributed by atoms with Gasteiger partial charge in [0.2, 0.25) is 20.0 Å². The summed E-state index contributed by atoms with van der Waals surface area (Å²) in [5.41, 5.74) is 2.80. The smallest absolute Gasteiger partial charge is 0.208 e. The van der Waals surface area contributed by atoms with Gasteiger partial charge in [0, 0.05) is 65.4 Å². The van der Waals surface area contributed by atoms with E-state index in [0.717, 1.165) is 37.8 Å². The number of sulfonamides is 2. The zero-order valence-corrected chi connectivity index (χ0v) is 20.5. The molecule has 0 fully saturated rings. The van der Waals surface area contributed by atoms with Gasteiger partial charge < -0.3 is 4.84 Å². The molecule has 0 amide bonds. The molecule has 0 spiro atoms. The summed E-state index contributed by atoms with van der Waals surface area (Å²) in [6.07, 6.45) is 2.21. The van der Waals surface area contributed by atoms with Gasteiger partial charge in [0.25, 0.3) is 0 Å². The van der Waals surface area contributed by atoms with E-state index in [1.54, 1.807) is 7.11 Å². The minimum absolute atomic E-state index is 0.246. The molecule has 0 saturated carbocycles. The van der Waals surface area contributed by atoms with Crippen LogP contribution in [0, 0.1) is 0 Å². The van der Waals surface area contributed by atoms with Gasteiger partial charge in [-0.05, 0) is 0 Å². The molecule has 0 radical (unpaired) electrons. The van der Waals surface area contributed by atoms with Gasteiger partial charge in [0.05, 0.1) is 26.7 Å². The Bertz CT molecular complexity index is 586. The summed E-state index contributed by atoms with van der Waals surface area (Å²) >= 11 is 0.995. The van der Waals surface area contributed by atoms with Crippen molar-refractivity contribution in [1.82, 2.24) is 29.4 Å². The molecule has 4 N–H and O–H groups in total. The van der Waals surface area contributed by atoms with Gasteiger partial charge in [-0.15, -0.1) is 4.33 Å². The highest BCUT2D eigenvalue weighted by molar-refractivity contribution is 7.92. The van der Waals surface area contributed by atoms with E-state index in [-0.39, 0.29) is 13.1 Å². The van der Waals surface area contributed by atoms with E-state index >= 15 is 0 Å². The molecule has 16 heteroatoms. The first-order valence-electron chi connectivity index (χ1n) is 9.26. The Kier molecular flexibility index (Phi) is 17.4. The van der Waals surface area contributed by atoms with Crippen LogP contribution in [0.5, 0.6) is 0 Å². The zero-order valence-electron chi connectivity index (χ0n) is 18.0. The molecule has 0 saturated heterocycles. The molecular formula is C14H36N6O7S3. The fraction of sp³-hybridized carbons (Fsp3) is 1.00. The highest BCUT2D eigenvalue weighted by Gasteiger charge is 2.12. The van der Waals surface area contributed by atoms with Crippen molar-refractivity contribution in [3.63, 3.8) is 0 Å². The van der Waals surface area contributed by atoms with E-state index in [9.17, 15) is 16.8 Å². The number of hydrogen-bond acceptors (Lipinski definition) is 12. The highest BCUT2D eigenvalue weighted by Crippen LogP contribution is 1.97. The van der Waals surface area contributed by atoms with Crippen molar-refractivity contribution < 1.29 is 30.9 Å². The second-order valence-corrected chi connectivity index (χ2v) is 10.6. The first-order chi connectivity index (χ1) is 14.1. The molecular weight excluding hydrogens is 460 g/mol. The number of hydroxylamine groups is 1. The minimum Gasteiger partial charge on any atom is -0.305 e. The molecule has 0 unspecified atom stereocenters. The van der Waals surface area contributed by atoms with Crippen molar-refractivity contribution in [2.75, 3.05) is 92.2 Å². The largest absolute Gasteiger partial charge is 0.305 e. The van der Waals surface area contributed by atoms with Gasteiger partial charge in [-0.2, -0.15) is 0 Å². The SMILES string of the molecule is CONCCN(CCNSOOC)CCN(CCNS(C)(=O)=O)CCNS(C)(=O)=O. The van der Waals surface area contributed by atoms with Crippen molar-refractivity contribution in [3.8, 4) is 0 Å². The molecule has 13 nitrogen and oxygen atoms in total. The summed E-state index contributed by atoms with van der Waals surface area (Å²) in [6, 6.07) is 0. The molecule has 0 bridgehead atoms. The average Bonchev–Trinajstić information content (AvgIpc) is 2.62. The summed E-state index contributed by atoms with van der Waals surface area (Å²) in [6.45, 7) is 5.45. The fourth-order valence-corrected chi connectivity index (χ4v) is 3.56. The first-order valence-corrected chi connectivity index (χ1v) is 13.8. The quantitative estimate of drug-likeness (QED) is 0.0440. The van der Waals surface area contributed by atoms with Crippen LogP contribution in [0.3, 0.4) is 0 Å². The molecule has 0 aromatic carbocycles. The summed E-state index contributed by atoms with van der Waals surface area (Å²) in [7, 11) is -3.59. The first kappa shape index (κ1) is 29.9. The van der Waals surface area contributed by atoms with Crippen molar-refractivity contribution in [3.05, 3.63) is 0 Å². The average molecular weight is 497 g/mol. The van der Waals surface area contributed by atoms with E-state index < -0.39 is 20.0 Å². The van der Waals surface area contributed by atoms with Gasteiger partial charge in [0.1, 0.15) is 12.2 Å². The predicted octanol–water partition coefficient (Wildman–Crippen LogP) is -2.43. The van der Waals surface area contributed by atoms with Crippen molar-refractivity contribution in [1.29, 1.82) is 0 Å². The third-order valence-corrected chi connectivity index (χ3v) is 5.67. The van der Waals surface area contributed by atoms with Crippen LogP contribution in [-0.4, -0.2) is 119 Å². The predicted molar refractivity (Wildman–Crippen MR) is 117 cm³/mol. The number of nitrogens with zero attached hydrogens (tertiary/aromatic N) is 2. The monoisotopic (exact) mass is 496 g/mol. The van der Waals surface area contributed by atoms with Crippen LogP contribution in [0.25, 0.3) is 0 Å². The van der Waals surface area contributed by atoms with E-state index in [4.69, 9.17) is 4.84 Å². The molecule has 0 aliphatic rings. The lowest BCUT2D eigenvalue weighted by molar-refractivity contribution is -0.161. The Morgan fingerprint density at radius 1 is 0.733 bits per heavy atom. The van der Waals surface area contributed by atoms with E-state index in [1.807, 2.05) is 4.90 Å². The summed E-state index contributed by atoms with van der Waals surface area (Å²) < 4.78 is 57.8. The highest BCUT2D eigenvalue weighted by atomic mass is 32.2. The van der Waals surface area contributed by atoms with Gasteiger partial charge >= 0.3 is 0 Å². The van der Waals surface area contributed by atoms with Crippen LogP contribution in [0.15, 0.2) is 0 Å². The molecule has 0 atom stereocenters. The summed E-state index contributed by atoms with van der Waals surface area (Å²) in [4.78, 5) is 13.5. The van der Waals surface area contributed by atoms with Crippen LogP contribution in [0.4, 0.5) is 0 Å². The van der Waals surface area contributed by atoms with Gasteiger partial charge in [0.15, 0.2) is 0 Å². The van der Waals surface area contributed by atoms with Gasteiger partial charge in [-0.25, -0.2) is 41.4 Å². The Morgan fingerprint density at radius 3 is 1.63 bits per heavy atom. The van der Waals surface area contributed by atoms with Crippen molar-refractivity contribution in [2.45, 2.75) is 0 Å². The molecule has 0 aliphatic heterocycles. The summed E-state index contributed by atoms with van der Waals surface area (Å²) in [5, 5.41) is 0. The Balaban J connectivity index is 4.64. The molecule has 0 aliphatic carbocycles. The Morgan fingerprint density at radius 2 is 1.20 bits per heavy atom. The van der Waals surface area contributed by atoms with Crippen molar-refractivity contribution in [2.24, 2.45) is 0 Å². The van der Waals surface area contributed by atoms with E-state index in [1.165, 1.54) is 7.11 Å². The van der Waals surface area contributed by atoms with Crippen LogP contribution in [-0.2, 0) is 34.1 Å². The second kappa shape index (κ2) is 17.4. The maximum absolute atomic E-state index is 11.3. The minimum atomic E-state index is -3.28. The molecule has 30 heavy (non-hydrogen) atoms. The molecule has 0 aromatic heterocycles. The van der Waals surface area contributed by atoms with E-state index in [2.05, 4.69) is 33.8 Å². The van der Waals surface area contributed by atoms with Crippen LogP contribution in [0.1, 0.15) is 0 Å². The normalized spacial score (nSPS) is 12.9. The lowest BCUT2D eigenvalue weighted by atomic mass is 10.4. The Hall–Kier alpha value is -0.110. The number of nitrogens with one attached hydrogen (secondary N) is 4. The fourth-order valence-electron chi connectivity index (χ4n) is 2.34. The molecule has 0 aromatic rings. The maximum Gasteiger partial charge on any atom is 0.208 e. The molecule has 182 valence electrons. The number of hydrogen-bond donors (Lipinski definition) is 4. The third kappa shape index (κ3) is 21.1. The number of rotatable bonds is 21. The van der Waals surface area contributed by atoms with Crippen LogP contribution < -0.4 is 19.6 Å². The zero-order chi connectivity index (χ0) is 22.9. The van der Waals surface area contributed by atoms with Gasteiger partial charge in [-0.1, -0.05) is 0 Å². The lowest BCUT2D eigenvalue weighted by Gasteiger charge is -2.28. The topological polar surface area (TPSA) is 151 Å². The lowest BCUT2D eigenvalue weighted by Crippen LogP contribution is -2.44. The standard InChI is InChI=1S/C14H36N6O7S3/c1-25-15-5-9-19(10-6-16-28-27-26-2)13-14-20(11-7-17-29(3,21)22)12-8-18-30(4,23)24/h15-18H,5-14H2,1-4H3. The summed E-state index contributed by atoms with van der Waals surface area (Å²) in [5.74, 6) is 0.